The first kappa shape index (κ1) is 11.9. The van der Waals surface area contributed by atoms with E-state index in [4.69, 9.17) is 17.3 Å². The Morgan fingerprint density at radius 2 is 2.07 bits per heavy atom. The highest BCUT2D eigenvalue weighted by Gasteiger charge is 2.15. The van der Waals surface area contributed by atoms with Crippen molar-refractivity contribution >= 4 is 27.5 Å². The molecule has 0 fully saturated rings. The molecule has 14 heavy (non-hydrogen) atoms. The fourth-order valence-corrected chi connectivity index (χ4v) is 2.10. The maximum absolute atomic E-state index is 12.1. The van der Waals surface area contributed by atoms with Crippen LogP contribution in [0, 0.1) is 0 Å². The maximum Gasteiger partial charge on any atom is 0.240 e. The molecule has 1 aromatic carbocycles. The Kier molecular flexibility index (Phi) is 4.29. The monoisotopic (exact) mass is 283 g/mol. The molecule has 1 rings (SSSR count). The summed E-state index contributed by atoms with van der Waals surface area (Å²) in [5.41, 5.74) is 6.24. The highest BCUT2D eigenvalue weighted by Crippen LogP contribution is 2.28. The van der Waals surface area contributed by atoms with Crippen LogP contribution in [-0.2, 0) is 0 Å². The van der Waals surface area contributed by atoms with Crippen LogP contribution in [0.3, 0.4) is 0 Å². The summed E-state index contributed by atoms with van der Waals surface area (Å²) in [6.45, 7) is 0. The fourth-order valence-electron chi connectivity index (χ4n) is 1.12. The van der Waals surface area contributed by atoms with Crippen molar-refractivity contribution in [2.24, 2.45) is 5.73 Å². The Morgan fingerprint density at radius 1 is 1.43 bits per heavy atom. The highest BCUT2D eigenvalue weighted by molar-refractivity contribution is 9.10. The lowest BCUT2D eigenvalue weighted by Gasteiger charge is -2.13. The van der Waals surface area contributed by atoms with E-state index in [1.54, 1.807) is 18.2 Å². The van der Waals surface area contributed by atoms with Gasteiger partial charge in [0.2, 0.25) is 6.43 Å². The summed E-state index contributed by atoms with van der Waals surface area (Å²) in [5, 5.41) is 0.546. The molecule has 5 heteroatoms. The smallest absolute Gasteiger partial charge is 0.240 e. The molecule has 2 N–H and O–H groups in total. The molecule has 0 aromatic heterocycles. The standard InChI is InChI=1S/C9H9BrClF2N/c10-7-3-5(11)1-2-6(7)8(14)4-9(12)13/h1-3,8-9H,4,14H2/t8-/m1/s1. The van der Waals surface area contributed by atoms with Gasteiger partial charge in [-0.05, 0) is 17.7 Å². The van der Waals surface area contributed by atoms with Crippen LogP contribution < -0.4 is 5.73 Å². The van der Waals surface area contributed by atoms with Gasteiger partial charge < -0.3 is 5.73 Å². The van der Waals surface area contributed by atoms with Gasteiger partial charge in [-0.3, -0.25) is 0 Å². The largest absolute Gasteiger partial charge is 0.324 e. The second kappa shape index (κ2) is 5.05. The Labute approximate surface area is 94.4 Å². The number of nitrogens with two attached hydrogens (primary N) is 1. The van der Waals surface area contributed by atoms with Crippen molar-refractivity contribution in [1.82, 2.24) is 0 Å². The van der Waals surface area contributed by atoms with Crippen LogP contribution in [0.1, 0.15) is 18.0 Å². The van der Waals surface area contributed by atoms with Crippen molar-refractivity contribution in [3.8, 4) is 0 Å². The third-order valence-corrected chi connectivity index (χ3v) is 2.72. The van der Waals surface area contributed by atoms with Gasteiger partial charge in [0.25, 0.3) is 0 Å². The van der Waals surface area contributed by atoms with E-state index in [0.717, 1.165) is 0 Å². The number of alkyl halides is 2. The number of hydrogen-bond acceptors (Lipinski definition) is 1. The summed E-state index contributed by atoms with van der Waals surface area (Å²) < 4.78 is 24.8. The van der Waals surface area contributed by atoms with E-state index in [1.807, 2.05) is 0 Å². The van der Waals surface area contributed by atoms with E-state index in [1.165, 1.54) is 0 Å². The predicted octanol–water partition coefficient (Wildman–Crippen LogP) is 3.76. The van der Waals surface area contributed by atoms with Crippen molar-refractivity contribution in [3.05, 3.63) is 33.3 Å². The summed E-state index contributed by atoms with van der Waals surface area (Å²) in [5.74, 6) is 0. The van der Waals surface area contributed by atoms with E-state index in [0.29, 0.717) is 15.1 Å². The van der Waals surface area contributed by atoms with Gasteiger partial charge in [-0.25, -0.2) is 8.78 Å². The minimum atomic E-state index is -2.40. The molecule has 1 atom stereocenters. The molecule has 0 aliphatic heterocycles. The first-order valence-corrected chi connectivity index (χ1v) is 5.16. The van der Waals surface area contributed by atoms with Crippen molar-refractivity contribution in [1.29, 1.82) is 0 Å². The lowest BCUT2D eigenvalue weighted by molar-refractivity contribution is 0.128. The van der Waals surface area contributed by atoms with Crippen molar-refractivity contribution in [2.45, 2.75) is 18.9 Å². The second-order valence-electron chi connectivity index (χ2n) is 2.90. The predicted molar refractivity (Wildman–Crippen MR) is 56.7 cm³/mol. The van der Waals surface area contributed by atoms with Gasteiger partial charge in [-0.2, -0.15) is 0 Å². The molecular weight excluding hydrogens is 275 g/mol. The molecule has 0 radical (unpaired) electrons. The number of hydrogen-bond donors (Lipinski definition) is 1. The van der Waals surface area contributed by atoms with E-state index >= 15 is 0 Å². The van der Waals surface area contributed by atoms with Gasteiger partial charge in [0.05, 0.1) is 0 Å². The molecule has 78 valence electrons. The molecule has 0 amide bonds. The minimum Gasteiger partial charge on any atom is -0.324 e. The average molecular weight is 285 g/mol. The summed E-state index contributed by atoms with van der Waals surface area (Å²) in [7, 11) is 0. The first-order chi connectivity index (χ1) is 6.50. The van der Waals surface area contributed by atoms with Crippen molar-refractivity contribution in [3.63, 3.8) is 0 Å². The summed E-state index contributed by atoms with van der Waals surface area (Å²) in [6, 6.07) is 4.26. The van der Waals surface area contributed by atoms with Crippen LogP contribution in [0.25, 0.3) is 0 Å². The molecule has 1 nitrogen and oxygen atoms in total. The topological polar surface area (TPSA) is 26.0 Å². The maximum atomic E-state index is 12.1. The van der Waals surface area contributed by atoms with Crippen LogP contribution in [0.4, 0.5) is 8.78 Å². The van der Waals surface area contributed by atoms with Gasteiger partial charge in [-0.1, -0.05) is 33.6 Å². The Bertz CT molecular complexity index is 320. The van der Waals surface area contributed by atoms with Crippen LogP contribution in [0.2, 0.25) is 5.02 Å². The zero-order valence-electron chi connectivity index (χ0n) is 7.18. The molecule has 1 aromatic rings. The summed E-state index contributed by atoms with van der Waals surface area (Å²) >= 11 is 8.94. The van der Waals surface area contributed by atoms with Gasteiger partial charge in [0, 0.05) is 22.0 Å². The van der Waals surface area contributed by atoms with E-state index in [-0.39, 0.29) is 6.42 Å². The number of halogens is 4. The molecule has 0 heterocycles. The van der Waals surface area contributed by atoms with Gasteiger partial charge in [0.15, 0.2) is 0 Å². The third kappa shape index (κ3) is 3.19. The molecule has 0 bridgehead atoms. The lowest BCUT2D eigenvalue weighted by Crippen LogP contribution is -2.14. The summed E-state index contributed by atoms with van der Waals surface area (Å²) in [6.07, 6.45) is -2.74. The Balaban J connectivity index is 2.84. The first-order valence-electron chi connectivity index (χ1n) is 3.99. The Morgan fingerprint density at radius 3 is 2.57 bits per heavy atom. The summed E-state index contributed by atoms with van der Waals surface area (Å²) in [4.78, 5) is 0. The zero-order chi connectivity index (χ0) is 10.7. The number of rotatable bonds is 3. The van der Waals surface area contributed by atoms with Gasteiger partial charge >= 0.3 is 0 Å². The second-order valence-corrected chi connectivity index (χ2v) is 4.19. The van der Waals surface area contributed by atoms with Crippen molar-refractivity contribution in [2.75, 3.05) is 0 Å². The van der Waals surface area contributed by atoms with Gasteiger partial charge in [-0.15, -0.1) is 0 Å². The van der Waals surface area contributed by atoms with Crippen LogP contribution in [0.15, 0.2) is 22.7 Å². The van der Waals surface area contributed by atoms with Crippen LogP contribution in [-0.4, -0.2) is 6.43 Å². The molecule has 0 aliphatic carbocycles. The molecular formula is C9H9BrClF2N. The Hall–Kier alpha value is -0.190. The highest BCUT2D eigenvalue weighted by atomic mass is 79.9. The average Bonchev–Trinajstić information content (AvgIpc) is 2.01. The van der Waals surface area contributed by atoms with Crippen molar-refractivity contribution < 1.29 is 8.78 Å². The normalized spacial score (nSPS) is 13.3. The molecule has 0 saturated heterocycles. The van der Waals surface area contributed by atoms with E-state index in [2.05, 4.69) is 15.9 Å². The fraction of sp³-hybridized carbons (Fsp3) is 0.333. The molecule has 0 saturated carbocycles. The van der Waals surface area contributed by atoms with Gasteiger partial charge in [0.1, 0.15) is 0 Å². The van der Waals surface area contributed by atoms with Crippen LogP contribution >= 0.6 is 27.5 Å². The molecule has 0 unspecified atom stereocenters. The third-order valence-electron chi connectivity index (χ3n) is 1.79. The quantitative estimate of drug-likeness (QED) is 0.898. The number of benzene rings is 1. The van der Waals surface area contributed by atoms with E-state index in [9.17, 15) is 8.78 Å². The van der Waals surface area contributed by atoms with Crippen LogP contribution in [0.5, 0.6) is 0 Å². The lowest BCUT2D eigenvalue weighted by atomic mass is 10.1. The molecule has 0 spiro atoms. The molecule has 0 aliphatic rings. The SMILES string of the molecule is N[C@H](CC(F)F)c1ccc(Cl)cc1Br. The zero-order valence-corrected chi connectivity index (χ0v) is 9.52. The van der Waals surface area contributed by atoms with E-state index < -0.39 is 12.5 Å². The minimum absolute atomic E-state index is 0.347.